The highest BCUT2D eigenvalue weighted by atomic mass is 79.9. The minimum atomic E-state index is -0.500. The molecule has 1 aromatic carbocycles. The molecule has 1 aliphatic rings. The molecule has 0 saturated carbocycles. The molecule has 1 amide bonds. The number of nitro benzene ring substituents is 1. The second-order valence-electron chi connectivity index (χ2n) is 4.28. The molecule has 0 unspecified atom stereocenters. The average molecular weight is 345 g/mol. The van der Waals surface area contributed by atoms with Gasteiger partial charge in [0.05, 0.1) is 10.5 Å². The van der Waals surface area contributed by atoms with E-state index in [1.807, 2.05) is 11.8 Å². The Hall–Kier alpha value is -1.08. The number of halogens is 1. The van der Waals surface area contributed by atoms with E-state index in [4.69, 9.17) is 0 Å². The van der Waals surface area contributed by atoms with Crippen LogP contribution in [0.3, 0.4) is 0 Å². The highest BCUT2D eigenvalue weighted by Gasteiger charge is 2.20. The molecule has 0 bridgehead atoms. The van der Waals surface area contributed by atoms with Gasteiger partial charge in [-0.15, -0.1) is 0 Å². The SMILES string of the molecule is O=C(NC1CCSCC1)c1cc([N+](=O)[O-])ccc1Br. The minimum absolute atomic E-state index is 0.0763. The molecular weight excluding hydrogens is 332 g/mol. The smallest absolute Gasteiger partial charge is 0.270 e. The van der Waals surface area contributed by atoms with E-state index in [9.17, 15) is 14.9 Å². The first-order valence-electron chi connectivity index (χ1n) is 5.90. The average Bonchev–Trinajstić information content (AvgIpc) is 2.40. The van der Waals surface area contributed by atoms with Crippen LogP contribution in [0.2, 0.25) is 0 Å². The first-order valence-corrected chi connectivity index (χ1v) is 7.85. The molecule has 2 rings (SSSR count). The van der Waals surface area contributed by atoms with Crippen LogP contribution in [-0.4, -0.2) is 28.4 Å². The van der Waals surface area contributed by atoms with E-state index in [1.54, 1.807) is 0 Å². The molecule has 1 N–H and O–H groups in total. The van der Waals surface area contributed by atoms with Crippen LogP contribution in [0.15, 0.2) is 22.7 Å². The van der Waals surface area contributed by atoms with Gasteiger partial charge < -0.3 is 5.32 Å². The molecule has 0 spiro atoms. The lowest BCUT2D eigenvalue weighted by Crippen LogP contribution is -2.37. The fraction of sp³-hybridized carbons (Fsp3) is 0.417. The molecule has 5 nitrogen and oxygen atoms in total. The minimum Gasteiger partial charge on any atom is -0.349 e. The molecule has 1 aromatic rings. The lowest BCUT2D eigenvalue weighted by molar-refractivity contribution is -0.384. The number of thioether (sulfide) groups is 1. The summed E-state index contributed by atoms with van der Waals surface area (Å²) in [5, 5.41) is 13.7. The van der Waals surface area contributed by atoms with Crippen LogP contribution in [0.1, 0.15) is 23.2 Å². The first kappa shape index (κ1) is 14.3. The van der Waals surface area contributed by atoms with Crippen LogP contribution in [0, 0.1) is 10.1 Å². The van der Waals surface area contributed by atoms with Gasteiger partial charge in [0, 0.05) is 22.6 Å². The second kappa shape index (κ2) is 6.38. The fourth-order valence-corrected chi connectivity index (χ4v) is 3.44. The van der Waals surface area contributed by atoms with Gasteiger partial charge in [0.2, 0.25) is 0 Å². The molecule has 19 heavy (non-hydrogen) atoms. The van der Waals surface area contributed by atoms with Gasteiger partial charge in [0.15, 0.2) is 0 Å². The van der Waals surface area contributed by atoms with Crippen molar-refractivity contribution in [3.05, 3.63) is 38.3 Å². The number of hydrogen-bond donors (Lipinski definition) is 1. The molecule has 1 fully saturated rings. The van der Waals surface area contributed by atoms with Gasteiger partial charge in [0.1, 0.15) is 0 Å². The third kappa shape index (κ3) is 3.70. The normalized spacial score (nSPS) is 16.1. The van der Waals surface area contributed by atoms with E-state index < -0.39 is 4.92 Å². The number of amides is 1. The number of rotatable bonds is 3. The molecule has 0 radical (unpaired) electrons. The van der Waals surface area contributed by atoms with Gasteiger partial charge in [-0.1, -0.05) is 0 Å². The highest BCUT2D eigenvalue weighted by molar-refractivity contribution is 9.10. The van der Waals surface area contributed by atoms with Crippen molar-refractivity contribution in [3.8, 4) is 0 Å². The van der Waals surface area contributed by atoms with Gasteiger partial charge in [-0.2, -0.15) is 11.8 Å². The van der Waals surface area contributed by atoms with Crippen molar-refractivity contribution in [1.29, 1.82) is 0 Å². The maximum Gasteiger partial charge on any atom is 0.270 e. The van der Waals surface area contributed by atoms with E-state index in [-0.39, 0.29) is 17.6 Å². The lowest BCUT2D eigenvalue weighted by atomic mass is 10.1. The van der Waals surface area contributed by atoms with Crippen LogP contribution in [0.4, 0.5) is 5.69 Å². The van der Waals surface area contributed by atoms with E-state index in [2.05, 4.69) is 21.2 Å². The Morgan fingerprint density at radius 1 is 1.42 bits per heavy atom. The summed E-state index contributed by atoms with van der Waals surface area (Å²) in [7, 11) is 0. The summed E-state index contributed by atoms with van der Waals surface area (Å²) in [4.78, 5) is 22.4. The van der Waals surface area contributed by atoms with Gasteiger partial charge in [-0.3, -0.25) is 14.9 Å². The summed E-state index contributed by atoms with van der Waals surface area (Å²) in [5.74, 6) is 1.83. The topological polar surface area (TPSA) is 72.2 Å². The Morgan fingerprint density at radius 3 is 2.74 bits per heavy atom. The molecule has 1 saturated heterocycles. The highest BCUT2D eigenvalue weighted by Crippen LogP contribution is 2.23. The number of carbonyl (C=O) groups is 1. The molecule has 0 aliphatic carbocycles. The molecule has 0 atom stereocenters. The number of benzene rings is 1. The van der Waals surface area contributed by atoms with E-state index in [0.29, 0.717) is 10.0 Å². The predicted molar refractivity (Wildman–Crippen MR) is 78.6 cm³/mol. The van der Waals surface area contributed by atoms with Crippen molar-refractivity contribution < 1.29 is 9.72 Å². The molecule has 7 heteroatoms. The van der Waals surface area contributed by atoms with Crippen molar-refractivity contribution in [2.45, 2.75) is 18.9 Å². The number of hydrogen-bond acceptors (Lipinski definition) is 4. The molecule has 0 aromatic heterocycles. The van der Waals surface area contributed by atoms with E-state index >= 15 is 0 Å². The summed E-state index contributed by atoms with van der Waals surface area (Å²) in [6.45, 7) is 0. The zero-order valence-corrected chi connectivity index (χ0v) is 12.5. The van der Waals surface area contributed by atoms with Crippen LogP contribution < -0.4 is 5.32 Å². The maximum atomic E-state index is 12.1. The Morgan fingerprint density at radius 2 is 2.11 bits per heavy atom. The lowest BCUT2D eigenvalue weighted by Gasteiger charge is -2.22. The van der Waals surface area contributed by atoms with Crippen LogP contribution in [0.25, 0.3) is 0 Å². The number of carbonyl (C=O) groups excluding carboxylic acids is 1. The van der Waals surface area contributed by atoms with Crippen LogP contribution >= 0.6 is 27.7 Å². The molecule has 1 aliphatic heterocycles. The molecular formula is C12H13BrN2O3S. The summed E-state index contributed by atoms with van der Waals surface area (Å²) in [5.41, 5.74) is 0.236. The second-order valence-corrected chi connectivity index (χ2v) is 6.36. The van der Waals surface area contributed by atoms with E-state index in [0.717, 1.165) is 24.3 Å². The predicted octanol–water partition coefficient (Wildman–Crippen LogP) is 2.98. The number of nitro groups is 1. The fourth-order valence-electron chi connectivity index (χ4n) is 1.91. The van der Waals surface area contributed by atoms with Crippen molar-refractivity contribution in [2.75, 3.05) is 11.5 Å². The third-order valence-corrected chi connectivity index (χ3v) is 4.70. The van der Waals surface area contributed by atoms with Crippen LogP contribution in [0.5, 0.6) is 0 Å². The zero-order chi connectivity index (χ0) is 13.8. The van der Waals surface area contributed by atoms with Gasteiger partial charge in [-0.05, 0) is 46.3 Å². The number of nitrogens with one attached hydrogen (secondary N) is 1. The Bertz CT molecular complexity index is 504. The summed E-state index contributed by atoms with van der Waals surface area (Å²) in [6.07, 6.45) is 1.89. The first-order chi connectivity index (χ1) is 9.08. The van der Waals surface area contributed by atoms with E-state index in [1.165, 1.54) is 18.2 Å². The Kier molecular flexibility index (Phi) is 4.81. The molecule has 102 valence electrons. The zero-order valence-electron chi connectivity index (χ0n) is 10.1. The summed E-state index contributed by atoms with van der Waals surface area (Å²) >= 11 is 5.14. The monoisotopic (exact) mass is 344 g/mol. The molecule has 1 heterocycles. The Labute approximate surface area is 123 Å². The van der Waals surface area contributed by atoms with Gasteiger partial charge in [-0.25, -0.2) is 0 Å². The summed E-state index contributed by atoms with van der Waals surface area (Å²) < 4.78 is 0.570. The number of nitrogens with zero attached hydrogens (tertiary/aromatic N) is 1. The van der Waals surface area contributed by atoms with Crippen molar-refractivity contribution in [1.82, 2.24) is 5.32 Å². The van der Waals surface area contributed by atoms with Crippen molar-refractivity contribution >= 4 is 39.3 Å². The van der Waals surface area contributed by atoms with Crippen molar-refractivity contribution in [3.63, 3.8) is 0 Å². The summed E-state index contributed by atoms with van der Waals surface area (Å²) in [6, 6.07) is 4.37. The van der Waals surface area contributed by atoms with Gasteiger partial charge >= 0.3 is 0 Å². The Balaban J connectivity index is 2.13. The largest absolute Gasteiger partial charge is 0.349 e. The number of non-ortho nitro benzene ring substituents is 1. The quantitative estimate of drug-likeness (QED) is 0.675. The van der Waals surface area contributed by atoms with Gasteiger partial charge in [0.25, 0.3) is 11.6 Å². The standard InChI is InChI=1S/C12H13BrN2O3S/c13-11-2-1-9(15(17)18)7-10(11)12(16)14-8-3-5-19-6-4-8/h1-2,7-8H,3-6H2,(H,14,16). The van der Waals surface area contributed by atoms with Crippen molar-refractivity contribution in [2.24, 2.45) is 0 Å². The maximum absolute atomic E-state index is 12.1. The third-order valence-electron chi connectivity index (χ3n) is 2.96. The van der Waals surface area contributed by atoms with Crippen LogP contribution in [-0.2, 0) is 0 Å².